The summed E-state index contributed by atoms with van der Waals surface area (Å²) in [6, 6.07) is 8.71. The van der Waals surface area contributed by atoms with Crippen molar-refractivity contribution in [3.05, 3.63) is 24.3 Å². The van der Waals surface area contributed by atoms with E-state index >= 15 is 0 Å². The Hall–Kier alpha value is -1.50. The molecule has 0 saturated carbocycles. The van der Waals surface area contributed by atoms with Gasteiger partial charge in [0.25, 0.3) is 0 Å². The van der Waals surface area contributed by atoms with Gasteiger partial charge in [-0.3, -0.25) is 4.79 Å². The first-order valence-corrected chi connectivity index (χ1v) is 12.4. The zero-order valence-corrected chi connectivity index (χ0v) is 17.0. The largest absolute Gasteiger partial charge is 0.573 e. The van der Waals surface area contributed by atoms with Crippen molar-refractivity contribution < 1.29 is 27.4 Å². The van der Waals surface area contributed by atoms with Crippen molar-refractivity contribution in [3.63, 3.8) is 0 Å². The number of hydrogen-bond donors (Lipinski definition) is 0. The van der Waals surface area contributed by atoms with Gasteiger partial charge in [-0.15, -0.1) is 13.2 Å². The van der Waals surface area contributed by atoms with Crippen LogP contribution in [0.1, 0.15) is 51.9 Å². The van der Waals surface area contributed by atoms with Crippen molar-refractivity contribution in [2.24, 2.45) is 5.92 Å². The summed E-state index contributed by atoms with van der Waals surface area (Å²) < 4.78 is 45.6. The Morgan fingerprint density at radius 1 is 1.04 bits per heavy atom. The predicted octanol–water partition coefficient (Wildman–Crippen LogP) is 6.10. The van der Waals surface area contributed by atoms with Gasteiger partial charge >= 0.3 is 12.3 Å². The minimum Gasteiger partial charge on any atom is -0.426 e. The number of rotatable bonds is 9. The molecule has 1 heterocycles. The molecule has 0 amide bonds. The lowest BCUT2D eigenvalue weighted by Crippen LogP contribution is -2.28. The van der Waals surface area contributed by atoms with E-state index in [0.717, 1.165) is 25.0 Å². The lowest BCUT2D eigenvalue weighted by Gasteiger charge is -2.26. The second kappa shape index (κ2) is 10.7. The Labute approximate surface area is 160 Å². The molecular formula is C20H29F3O3Si. The predicted molar refractivity (Wildman–Crippen MR) is 102 cm³/mol. The third kappa shape index (κ3) is 8.37. The quantitative estimate of drug-likeness (QED) is 0.217. The summed E-state index contributed by atoms with van der Waals surface area (Å²) in [6.07, 6.45) is 3.64. The van der Waals surface area contributed by atoms with Crippen molar-refractivity contribution in [3.8, 4) is 11.5 Å². The zero-order chi connectivity index (χ0) is 19.7. The first-order chi connectivity index (χ1) is 12.9. The van der Waals surface area contributed by atoms with Crippen LogP contribution in [-0.2, 0) is 4.79 Å². The van der Waals surface area contributed by atoms with Crippen LogP contribution in [-0.4, -0.2) is 21.1 Å². The molecule has 0 aromatic heterocycles. The van der Waals surface area contributed by atoms with Crippen molar-refractivity contribution in [2.75, 3.05) is 0 Å². The average Bonchev–Trinajstić information content (AvgIpc) is 2.62. The lowest BCUT2D eigenvalue weighted by molar-refractivity contribution is -0.274. The fourth-order valence-electron chi connectivity index (χ4n) is 3.63. The van der Waals surface area contributed by atoms with Crippen LogP contribution in [0.2, 0.25) is 18.1 Å². The van der Waals surface area contributed by atoms with Gasteiger partial charge in [0.2, 0.25) is 0 Å². The molecule has 1 aliphatic rings. The van der Waals surface area contributed by atoms with Crippen molar-refractivity contribution in [2.45, 2.75) is 76.4 Å². The summed E-state index contributed by atoms with van der Waals surface area (Å²) >= 11 is 0. The smallest absolute Gasteiger partial charge is 0.426 e. The highest BCUT2D eigenvalue weighted by Gasteiger charge is 2.31. The second-order valence-corrected chi connectivity index (χ2v) is 10.8. The van der Waals surface area contributed by atoms with Crippen LogP contribution in [0, 0.1) is 5.92 Å². The number of ether oxygens (including phenoxy) is 2. The van der Waals surface area contributed by atoms with Crippen molar-refractivity contribution in [1.82, 2.24) is 0 Å². The van der Waals surface area contributed by atoms with Crippen LogP contribution in [0.3, 0.4) is 0 Å². The molecule has 27 heavy (non-hydrogen) atoms. The molecule has 0 radical (unpaired) electrons. The van der Waals surface area contributed by atoms with E-state index in [1.54, 1.807) is 0 Å². The van der Waals surface area contributed by atoms with Gasteiger partial charge in [0.1, 0.15) is 11.5 Å². The SMILES string of the molecule is CCCCCCC[Si@H]1CC[C@H](C(=O)Oc2ccc(OC(F)(F)F)cc2)CC1. The Balaban J connectivity index is 1.70. The van der Waals surface area contributed by atoms with Gasteiger partial charge in [0.05, 0.1) is 5.92 Å². The number of hydrogen-bond acceptors (Lipinski definition) is 3. The molecular weight excluding hydrogens is 373 g/mol. The van der Waals surface area contributed by atoms with Crippen LogP contribution >= 0.6 is 0 Å². The van der Waals surface area contributed by atoms with Crippen LogP contribution in [0.5, 0.6) is 11.5 Å². The van der Waals surface area contributed by atoms with Crippen LogP contribution < -0.4 is 9.47 Å². The zero-order valence-electron chi connectivity index (χ0n) is 15.9. The van der Waals surface area contributed by atoms with E-state index in [9.17, 15) is 18.0 Å². The summed E-state index contributed by atoms with van der Waals surface area (Å²) in [7, 11) is -0.701. The highest BCUT2D eigenvalue weighted by molar-refractivity contribution is 6.59. The molecule has 152 valence electrons. The molecule has 0 aliphatic carbocycles. The lowest BCUT2D eigenvalue weighted by atomic mass is 10.0. The molecule has 1 aromatic rings. The summed E-state index contributed by atoms with van der Waals surface area (Å²) in [5.74, 6) is -0.424. The average molecular weight is 403 g/mol. The monoisotopic (exact) mass is 402 g/mol. The maximum atomic E-state index is 12.3. The summed E-state index contributed by atoms with van der Waals surface area (Å²) in [5, 5.41) is 0. The molecule has 0 bridgehead atoms. The molecule has 7 heteroatoms. The number of carbonyl (C=O) groups is 1. The molecule has 1 saturated heterocycles. The molecule has 1 aromatic carbocycles. The first-order valence-electron chi connectivity index (χ1n) is 9.95. The minimum absolute atomic E-state index is 0.0834. The fourth-order valence-corrected chi connectivity index (χ4v) is 7.11. The van der Waals surface area contributed by atoms with Gasteiger partial charge in [-0.1, -0.05) is 57.2 Å². The summed E-state index contributed by atoms with van der Waals surface area (Å²) in [4.78, 5) is 12.3. The van der Waals surface area contributed by atoms with E-state index in [1.165, 1.54) is 62.4 Å². The van der Waals surface area contributed by atoms with E-state index in [2.05, 4.69) is 11.7 Å². The van der Waals surface area contributed by atoms with E-state index in [0.29, 0.717) is 0 Å². The topological polar surface area (TPSA) is 35.5 Å². The van der Waals surface area contributed by atoms with Crippen LogP contribution in [0.25, 0.3) is 0 Å². The maximum Gasteiger partial charge on any atom is 0.573 e. The molecule has 0 unspecified atom stereocenters. The molecule has 2 rings (SSSR count). The normalized spacial score (nSPS) is 20.3. The van der Waals surface area contributed by atoms with Crippen LogP contribution in [0.15, 0.2) is 24.3 Å². The third-order valence-corrected chi connectivity index (χ3v) is 8.70. The van der Waals surface area contributed by atoms with Gasteiger partial charge in [0, 0.05) is 8.80 Å². The van der Waals surface area contributed by atoms with Gasteiger partial charge in [0.15, 0.2) is 0 Å². The van der Waals surface area contributed by atoms with E-state index in [1.807, 2.05) is 0 Å². The van der Waals surface area contributed by atoms with Gasteiger partial charge < -0.3 is 9.47 Å². The maximum absolute atomic E-state index is 12.3. The van der Waals surface area contributed by atoms with Crippen molar-refractivity contribution >= 4 is 14.8 Å². The highest BCUT2D eigenvalue weighted by atomic mass is 28.3. The Bertz CT molecular complexity index is 567. The molecule has 0 atom stereocenters. The number of halogens is 3. The fraction of sp³-hybridized carbons (Fsp3) is 0.650. The summed E-state index contributed by atoms with van der Waals surface area (Å²) in [5.41, 5.74) is 0. The minimum atomic E-state index is -4.73. The highest BCUT2D eigenvalue weighted by Crippen LogP contribution is 2.30. The third-order valence-electron chi connectivity index (χ3n) is 5.17. The second-order valence-electron chi connectivity index (χ2n) is 7.36. The van der Waals surface area contributed by atoms with Gasteiger partial charge in [-0.25, -0.2) is 0 Å². The summed E-state index contributed by atoms with van der Waals surface area (Å²) in [6.45, 7) is 2.22. The van der Waals surface area contributed by atoms with Gasteiger partial charge in [-0.2, -0.15) is 0 Å². The number of esters is 1. The van der Waals surface area contributed by atoms with Gasteiger partial charge in [-0.05, 0) is 37.1 Å². The molecule has 0 N–H and O–H groups in total. The van der Waals surface area contributed by atoms with Crippen molar-refractivity contribution in [1.29, 1.82) is 0 Å². The molecule has 1 fully saturated rings. The molecule has 3 nitrogen and oxygen atoms in total. The Morgan fingerprint density at radius 3 is 2.22 bits per heavy atom. The number of unbranched alkanes of at least 4 members (excludes halogenated alkanes) is 4. The Morgan fingerprint density at radius 2 is 1.63 bits per heavy atom. The molecule has 1 aliphatic heterocycles. The van der Waals surface area contributed by atoms with E-state index < -0.39 is 15.2 Å². The number of alkyl halides is 3. The Kier molecular flexibility index (Phi) is 8.66. The molecule has 0 spiro atoms. The van der Waals surface area contributed by atoms with E-state index in [-0.39, 0.29) is 23.4 Å². The van der Waals surface area contributed by atoms with Crippen LogP contribution in [0.4, 0.5) is 13.2 Å². The van der Waals surface area contributed by atoms with E-state index in [4.69, 9.17) is 4.74 Å². The first kappa shape index (κ1) is 21.8. The number of carbonyl (C=O) groups excluding carboxylic acids is 1. The number of benzene rings is 1. The standard InChI is InChI=1S/C20H29F3O3Si/c1-2-3-4-5-6-13-27-14-11-16(12-15-27)19(24)25-17-7-9-18(10-8-17)26-20(21,22)23/h7-10,16,27H,2-6,11-15H2,1H3/t16-,27-.